The highest BCUT2D eigenvalue weighted by atomic mass is 32.2. The molecule has 2 N–H and O–H groups in total. The molecule has 3 aromatic rings. The summed E-state index contributed by atoms with van der Waals surface area (Å²) in [5.74, 6) is -0.999. The first-order chi connectivity index (χ1) is 13.7. The van der Waals surface area contributed by atoms with Gasteiger partial charge < -0.3 is 14.5 Å². The third-order valence-corrected chi connectivity index (χ3v) is 4.96. The standard InChI is InChI=1S/C15H13F4N5O4S/c1-27-13-7(4-10(16)17)5-21-15(23-13)24-29(25,26)9-6-20-12-8(9)2-3-11(22-12)28-14(18)19/h2-3,5-6,10,14H,4H2,1H3,(H,20,22)(H,21,23,24). The maximum Gasteiger partial charge on any atom is 0.388 e. The third kappa shape index (κ3) is 4.64. The molecule has 3 rings (SSSR count). The van der Waals surface area contributed by atoms with Crippen molar-refractivity contribution in [3.63, 3.8) is 0 Å². The number of methoxy groups -OCH3 is 1. The Labute approximate surface area is 161 Å². The van der Waals surface area contributed by atoms with E-state index in [0.29, 0.717) is 0 Å². The molecule has 0 amide bonds. The normalized spacial score (nSPS) is 12.0. The van der Waals surface area contributed by atoms with Crippen LogP contribution in [-0.4, -0.2) is 48.5 Å². The molecule has 0 aliphatic carbocycles. The molecule has 156 valence electrons. The molecule has 0 unspecified atom stereocenters. The summed E-state index contributed by atoms with van der Waals surface area (Å²) in [6.45, 7) is -3.08. The van der Waals surface area contributed by atoms with E-state index in [1.54, 1.807) is 0 Å². The lowest BCUT2D eigenvalue weighted by molar-refractivity contribution is -0.0526. The number of ether oxygens (including phenoxy) is 2. The van der Waals surface area contributed by atoms with E-state index in [9.17, 15) is 26.0 Å². The summed E-state index contributed by atoms with van der Waals surface area (Å²) in [5, 5.41) is 0.0976. The van der Waals surface area contributed by atoms with Gasteiger partial charge in [-0.2, -0.15) is 18.7 Å². The van der Waals surface area contributed by atoms with Gasteiger partial charge >= 0.3 is 6.61 Å². The van der Waals surface area contributed by atoms with E-state index in [1.165, 1.54) is 13.2 Å². The molecule has 0 spiro atoms. The molecule has 14 heteroatoms. The van der Waals surface area contributed by atoms with E-state index < -0.39 is 41.3 Å². The first-order valence-electron chi connectivity index (χ1n) is 7.83. The predicted molar refractivity (Wildman–Crippen MR) is 91.8 cm³/mol. The minimum atomic E-state index is -4.23. The fourth-order valence-corrected chi connectivity index (χ4v) is 3.56. The number of rotatable bonds is 8. The van der Waals surface area contributed by atoms with Gasteiger partial charge in [-0.15, -0.1) is 0 Å². The zero-order valence-corrected chi connectivity index (χ0v) is 15.4. The number of nitrogens with zero attached hydrogens (tertiary/aromatic N) is 3. The number of anilines is 1. The Bertz CT molecular complexity index is 1120. The highest BCUT2D eigenvalue weighted by molar-refractivity contribution is 7.93. The molecular formula is C15H13F4N5O4S. The SMILES string of the molecule is COc1nc(NS(=O)(=O)c2c[nH]c3nc(OC(F)F)ccc23)ncc1CC(F)F. The zero-order chi connectivity index (χ0) is 21.2. The van der Waals surface area contributed by atoms with Crippen molar-refractivity contribution in [1.82, 2.24) is 19.9 Å². The molecule has 0 atom stereocenters. The molecule has 3 heterocycles. The summed E-state index contributed by atoms with van der Waals surface area (Å²) in [4.78, 5) is 13.5. The smallest absolute Gasteiger partial charge is 0.388 e. The first-order valence-corrected chi connectivity index (χ1v) is 9.31. The van der Waals surface area contributed by atoms with Crippen molar-refractivity contribution in [2.75, 3.05) is 11.8 Å². The lowest BCUT2D eigenvalue weighted by atomic mass is 10.2. The van der Waals surface area contributed by atoms with Gasteiger partial charge in [0.1, 0.15) is 10.5 Å². The van der Waals surface area contributed by atoms with E-state index in [-0.39, 0.29) is 27.4 Å². The van der Waals surface area contributed by atoms with E-state index in [0.717, 1.165) is 18.5 Å². The molecule has 0 aliphatic heterocycles. The van der Waals surface area contributed by atoms with Crippen LogP contribution in [0.1, 0.15) is 5.56 Å². The Hall–Kier alpha value is -3.16. The van der Waals surface area contributed by atoms with Gasteiger partial charge in [0.2, 0.25) is 24.1 Å². The summed E-state index contributed by atoms with van der Waals surface area (Å²) in [5.41, 5.74) is 0.00241. The number of hydrogen-bond donors (Lipinski definition) is 2. The summed E-state index contributed by atoms with van der Waals surface area (Å²) >= 11 is 0. The Morgan fingerprint density at radius 2 is 1.97 bits per heavy atom. The van der Waals surface area contributed by atoms with Gasteiger partial charge in [-0.05, 0) is 6.07 Å². The van der Waals surface area contributed by atoms with Gasteiger partial charge in [0.15, 0.2) is 0 Å². The molecule has 0 saturated carbocycles. The highest BCUT2D eigenvalue weighted by Crippen LogP contribution is 2.26. The summed E-state index contributed by atoms with van der Waals surface area (Å²) in [7, 11) is -3.04. The number of aromatic nitrogens is 4. The lowest BCUT2D eigenvalue weighted by Crippen LogP contribution is -2.15. The topological polar surface area (TPSA) is 119 Å². The average Bonchev–Trinajstić information content (AvgIpc) is 3.06. The largest absolute Gasteiger partial charge is 0.481 e. The molecule has 0 radical (unpaired) electrons. The highest BCUT2D eigenvalue weighted by Gasteiger charge is 2.23. The molecule has 0 aromatic carbocycles. The minimum absolute atomic E-state index is 0.00527. The third-order valence-electron chi connectivity index (χ3n) is 3.59. The fraction of sp³-hybridized carbons (Fsp3) is 0.267. The van der Waals surface area contributed by atoms with Crippen molar-refractivity contribution >= 4 is 27.0 Å². The monoisotopic (exact) mass is 435 g/mol. The number of aromatic amines is 1. The number of sulfonamides is 1. The Balaban J connectivity index is 1.89. The van der Waals surface area contributed by atoms with Crippen LogP contribution in [0.25, 0.3) is 11.0 Å². The molecule has 29 heavy (non-hydrogen) atoms. The molecule has 0 saturated heterocycles. The predicted octanol–water partition coefficient (Wildman–Crippen LogP) is 2.57. The van der Waals surface area contributed by atoms with E-state index in [1.807, 2.05) is 0 Å². The van der Waals surface area contributed by atoms with Crippen molar-refractivity contribution in [3.8, 4) is 11.8 Å². The molecule has 0 bridgehead atoms. The van der Waals surface area contributed by atoms with Crippen LogP contribution in [0.4, 0.5) is 23.5 Å². The van der Waals surface area contributed by atoms with Crippen LogP contribution >= 0.6 is 0 Å². The van der Waals surface area contributed by atoms with Crippen LogP contribution < -0.4 is 14.2 Å². The van der Waals surface area contributed by atoms with Crippen molar-refractivity contribution in [3.05, 3.63) is 30.1 Å². The number of hydrogen-bond acceptors (Lipinski definition) is 7. The van der Waals surface area contributed by atoms with Crippen LogP contribution in [0.5, 0.6) is 11.8 Å². The minimum Gasteiger partial charge on any atom is -0.481 e. The first kappa shape index (κ1) is 20.6. The number of H-pyrrole nitrogens is 1. The summed E-state index contributed by atoms with van der Waals surface area (Å²) in [6, 6.07) is 2.32. The number of halogens is 4. The summed E-state index contributed by atoms with van der Waals surface area (Å²) < 4.78 is 86.1. The molecule has 9 nitrogen and oxygen atoms in total. The second kappa shape index (κ2) is 8.06. The van der Waals surface area contributed by atoms with Gasteiger partial charge in [0, 0.05) is 35.8 Å². The van der Waals surface area contributed by atoms with Crippen LogP contribution in [0.15, 0.2) is 29.4 Å². The van der Waals surface area contributed by atoms with Crippen molar-refractivity contribution in [2.45, 2.75) is 24.4 Å². The number of nitrogens with one attached hydrogen (secondary N) is 2. The van der Waals surface area contributed by atoms with Crippen LogP contribution in [0.2, 0.25) is 0 Å². The van der Waals surface area contributed by atoms with E-state index in [2.05, 4.69) is 29.4 Å². The second-order valence-electron chi connectivity index (χ2n) is 5.51. The Morgan fingerprint density at radius 3 is 2.62 bits per heavy atom. The van der Waals surface area contributed by atoms with Crippen molar-refractivity contribution in [2.24, 2.45) is 0 Å². The maximum absolute atomic E-state index is 12.7. The van der Waals surface area contributed by atoms with Crippen LogP contribution in [0, 0.1) is 0 Å². The Kier molecular flexibility index (Phi) is 5.72. The molecular weight excluding hydrogens is 422 g/mol. The van der Waals surface area contributed by atoms with E-state index >= 15 is 0 Å². The number of fused-ring (bicyclic) bond motifs is 1. The van der Waals surface area contributed by atoms with Crippen LogP contribution in [0.3, 0.4) is 0 Å². The van der Waals surface area contributed by atoms with Crippen molar-refractivity contribution < 1.29 is 35.5 Å². The van der Waals surface area contributed by atoms with Crippen LogP contribution in [-0.2, 0) is 16.4 Å². The zero-order valence-electron chi connectivity index (χ0n) is 14.6. The molecule has 3 aromatic heterocycles. The molecule has 0 fully saturated rings. The Morgan fingerprint density at radius 1 is 1.21 bits per heavy atom. The van der Waals surface area contributed by atoms with Gasteiger partial charge in [-0.3, -0.25) is 0 Å². The van der Waals surface area contributed by atoms with Gasteiger partial charge in [0.05, 0.1) is 7.11 Å². The van der Waals surface area contributed by atoms with E-state index in [4.69, 9.17) is 4.74 Å². The second-order valence-corrected chi connectivity index (χ2v) is 7.16. The fourth-order valence-electron chi connectivity index (χ4n) is 2.44. The summed E-state index contributed by atoms with van der Waals surface area (Å²) in [6.07, 6.45) is -1.20. The number of alkyl halides is 4. The lowest BCUT2D eigenvalue weighted by Gasteiger charge is -2.10. The average molecular weight is 435 g/mol. The number of pyridine rings is 1. The molecule has 0 aliphatic rings. The van der Waals surface area contributed by atoms with Gasteiger partial charge in [-0.1, -0.05) is 0 Å². The van der Waals surface area contributed by atoms with Crippen molar-refractivity contribution in [1.29, 1.82) is 0 Å². The van der Waals surface area contributed by atoms with Gasteiger partial charge in [0.25, 0.3) is 10.0 Å². The quantitative estimate of drug-likeness (QED) is 0.522. The van der Waals surface area contributed by atoms with Gasteiger partial charge in [-0.25, -0.2) is 26.9 Å². The maximum atomic E-state index is 12.7.